The van der Waals surface area contributed by atoms with Crippen molar-refractivity contribution in [3.05, 3.63) is 34.6 Å². The van der Waals surface area contributed by atoms with Crippen LogP contribution in [-0.4, -0.2) is 25.1 Å². The highest BCUT2D eigenvalue weighted by molar-refractivity contribution is 6.30. The van der Waals surface area contributed by atoms with Crippen molar-refractivity contribution in [2.45, 2.75) is 38.4 Å². The van der Waals surface area contributed by atoms with E-state index in [0.29, 0.717) is 18.5 Å². The van der Waals surface area contributed by atoms with Crippen molar-refractivity contribution in [2.24, 2.45) is 11.7 Å². The molecular weight excluding hydrogens is 307 g/mol. The van der Waals surface area contributed by atoms with Gasteiger partial charge in [-0.25, -0.2) is 4.39 Å². The number of hydrogen-bond acceptors (Lipinski definition) is 3. The Kier molecular flexibility index (Phi) is 6.17. The second-order valence-electron chi connectivity index (χ2n) is 5.61. The summed E-state index contributed by atoms with van der Waals surface area (Å²) in [5.74, 6) is -0.937. The van der Waals surface area contributed by atoms with Gasteiger partial charge in [0.1, 0.15) is 11.9 Å². The van der Waals surface area contributed by atoms with Crippen LogP contribution in [0.5, 0.6) is 0 Å². The molecule has 2 rings (SSSR count). The zero-order valence-corrected chi connectivity index (χ0v) is 13.4. The molecule has 1 fully saturated rings. The summed E-state index contributed by atoms with van der Waals surface area (Å²) in [6, 6.07) is 4.86. The number of benzene rings is 1. The summed E-state index contributed by atoms with van der Waals surface area (Å²) in [4.78, 5) is 11.5. The monoisotopic (exact) mass is 328 g/mol. The van der Waals surface area contributed by atoms with Gasteiger partial charge in [0.25, 0.3) is 0 Å². The van der Waals surface area contributed by atoms with E-state index in [-0.39, 0.29) is 10.9 Å². The molecule has 1 aromatic rings. The van der Waals surface area contributed by atoms with Gasteiger partial charge < -0.3 is 15.8 Å². The smallest absolute Gasteiger partial charge is 0.246 e. The van der Waals surface area contributed by atoms with Crippen molar-refractivity contribution in [1.82, 2.24) is 5.32 Å². The molecule has 3 N–H and O–H groups in total. The first-order valence-corrected chi connectivity index (χ1v) is 8.01. The molecule has 1 amide bonds. The van der Waals surface area contributed by atoms with E-state index in [4.69, 9.17) is 22.1 Å². The molecule has 0 aliphatic carbocycles. The van der Waals surface area contributed by atoms with E-state index in [9.17, 15) is 9.18 Å². The Hall–Kier alpha value is -1.17. The molecule has 1 aliphatic heterocycles. The van der Waals surface area contributed by atoms with Crippen LogP contribution in [0.3, 0.4) is 0 Å². The second kappa shape index (κ2) is 7.90. The number of carbonyl (C=O) groups excluding carboxylic acids is 1. The predicted molar refractivity (Wildman–Crippen MR) is 84.1 cm³/mol. The number of nitrogens with two attached hydrogens (primary N) is 1. The normalized spacial score (nSPS) is 21.3. The molecule has 1 heterocycles. The maximum atomic E-state index is 14.4. The predicted octanol–water partition coefficient (Wildman–Crippen LogP) is 2.80. The highest BCUT2D eigenvalue weighted by Crippen LogP contribution is 2.35. The first-order chi connectivity index (χ1) is 10.5. The molecule has 0 spiro atoms. The standard InChI is InChI=1S/C16H22ClFN2O2/c1-2-13(16(19)21)22-15(10-5-4-8-20-9-10)11-6-3-7-12(17)14(11)18/h3,6-7,10,13,15,20H,2,4-5,8-9H2,1H3,(H2,19,21). The largest absolute Gasteiger partial charge is 0.367 e. The van der Waals surface area contributed by atoms with Crippen molar-refractivity contribution in [1.29, 1.82) is 0 Å². The number of primary amides is 1. The average molecular weight is 329 g/mol. The molecule has 3 unspecified atom stereocenters. The van der Waals surface area contributed by atoms with E-state index >= 15 is 0 Å². The first kappa shape index (κ1) is 17.2. The molecule has 3 atom stereocenters. The number of hydrogen-bond donors (Lipinski definition) is 2. The molecule has 0 saturated carbocycles. The Bertz CT molecular complexity index is 521. The van der Waals surface area contributed by atoms with E-state index in [2.05, 4.69) is 5.32 Å². The molecule has 22 heavy (non-hydrogen) atoms. The van der Waals surface area contributed by atoms with E-state index in [1.165, 1.54) is 6.07 Å². The van der Waals surface area contributed by atoms with Gasteiger partial charge in [0.2, 0.25) is 5.91 Å². The SMILES string of the molecule is CCC(OC(c1cccc(Cl)c1F)C1CCCNC1)C(N)=O. The van der Waals surface area contributed by atoms with Gasteiger partial charge in [0.05, 0.1) is 11.1 Å². The van der Waals surface area contributed by atoms with Gasteiger partial charge in [-0.1, -0.05) is 30.7 Å². The van der Waals surface area contributed by atoms with Crippen LogP contribution in [0.15, 0.2) is 18.2 Å². The highest BCUT2D eigenvalue weighted by Gasteiger charge is 2.31. The van der Waals surface area contributed by atoms with Gasteiger partial charge in [0, 0.05) is 18.0 Å². The third kappa shape index (κ3) is 3.97. The lowest BCUT2D eigenvalue weighted by Gasteiger charge is -2.33. The second-order valence-corrected chi connectivity index (χ2v) is 6.01. The molecule has 0 aromatic heterocycles. The quantitative estimate of drug-likeness (QED) is 0.844. The van der Waals surface area contributed by atoms with Gasteiger partial charge in [0.15, 0.2) is 0 Å². The van der Waals surface area contributed by atoms with Crippen LogP contribution in [-0.2, 0) is 9.53 Å². The topological polar surface area (TPSA) is 64.3 Å². The molecule has 1 aromatic carbocycles. The third-order valence-electron chi connectivity index (χ3n) is 4.05. The van der Waals surface area contributed by atoms with Crippen LogP contribution in [0.2, 0.25) is 5.02 Å². The molecule has 1 aliphatic rings. The van der Waals surface area contributed by atoms with Gasteiger partial charge in [-0.3, -0.25) is 4.79 Å². The van der Waals surface area contributed by atoms with Crippen molar-refractivity contribution in [2.75, 3.05) is 13.1 Å². The van der Waals surface area contributed by atoms with Crippen LogP contribution in [0.25, 0.3) is 0 Å². The summed E-state index contributed by atoms with van der Waals surface area (Å²) in [6.45, 7) is 3.47. The van der Waals surface area contributed by atoms with Crippen LogP contribution in [0.4, 0.5) is 4.39 Å². The summed E-state index contributed by atoms with van der Waals surface area (Å²) >= 11 is 5.89. The lowest BCUT2D eigenvalue weighted by molar-refractivity contribution is -0.137. The maximum Gasteiger partial charge on any atom is 0.246 e. The van der Waals surface area contributed by atoms with Crippen molar-refractivity contribution in [3.63, 3.8) is 0 Å². The number of halogens is 2. The molecule has 1 saturated heterocycles. The van der Waals surface area contributed by atoms with E-state index < -0.39 is 23.9 Å². The number of ether oxygens (including phenoxy) is 1. The third-order valence-corrected chi connectivity index (χ3v) is 4.34. The van der Waals surface area contributed by atoms with Crippen molar-refractivity contribution in [3.8, 4) is 0 Å². The van der Waals surface area contributed by atoms with Gasteiger partial charge in [-0.2, -0.15) is 0 Å². The number of amides is 1. The van der Waals surface area contributed by atoms with Gasteiger partial charge >= 0.3 is 0 Å². The van der Waals surface area contributed by atoms with Crippen LogP contribution >= 0.6 is 11.6 Å². The fourth-order valence-corrected chi connectivity index (χ4v) is 3.04. The zero-order valence-electron chi connectivity index (χ0n) is 12.6. The molecule has 0 radical (unpaired) electrons. The number of nitrogens with one attached hydrogen (secondary N) is 1. The Morgan fingerprint density at radius 3 is 2.95 bits per heavy atom. The summed E-state index contributed by atoms with van der Waals surface area (Å²) in [5.41, 5.74) is 5.76. The lowest BCUT2D eigenvalue weighted by Crippen LogP contribution is -2.38. The minimum absolute atomic E-state index is 0.0574. The maximum absolute atomic E-state index is 14.4. The lowest BCUT2D eigenvalue weighted by atomic mass is 9.88. The molecule has 6 heteroatoms. The Morgan fingerprint density at radius 2 is 2.36 bits per heavy atom. The summed E-state index contributed by atoms with van der Waals surface area (Å²) in [7, 11) is 0. The van der Waals surface area contributed by atoms with E-state index in [1.807, 2.05) is 6.92 Å². The number of carbonyl (C=O) groups is 1. The van der Waals surface area contributed by atoms with E-state index in [0.717, 1.165) is 19.4 Å². The summed E-state index contributed by atoms with van der Waals surface area (Å²) < 4.78 is 20.3. The van der Waals surface area contributed by atoms with Crippen molar-refractivity contribution >= 4 is 17.5 Å². The molecule has 0 bridgehead atoms. The fraction of sp³-hybridized carbons (Fsp3) is 0.562. The summed E-state index contributed by atoms with van der Waals surface area (Å²) in [5, 5.41) is 3.35. The average Bonchev–Trinajstić information content (AvgIpc) is 2.52. The number of piperidine rings is 1. The van der Waals surface area contributed by atoms with Crippen LogP contribution in [0, 0.1) is 11.7 Å². The minimum Gasteiger partial charge on any atom is -0.367 e. The minimum atomic E-state index is -0.731. The fourth-order valence-electron chi connectivity index (χ4n) is 2.86. The number of rotatable bonds is 6. The Balaban J connectivity index is 2.31. The molecular formula is C16H22ClFN2O2. The van der Waals surface area contributed by atoms with E-state index in [1.54, 1.807) is 12.1 Å². The first-order valence-electron chi connectivity index (χ1n) is 7.64. The van der Waals surface area contributed by atoms with Crippen LogP contribution in [0.1, 0.15) is 37.9 Å². The Morgan fingerprint density at radius 1 is 1.59 bits per heavy atom. The van der Waals surface area contributed by atoms with Gasteiger partial charge in [-0.05, 0) is 31.9 Å². The molecule has 122 valence electrons. The van der Waals surface area contributed by atoms with Crippen molar-refractivity contribution < 1.29 is 13.9 Å². The van der Waals surface area contributed by atoms with Gasteiger partial charge in [-0.15, -0.1) is 0 Å². The Labute approximate surface area is 135 Å². The summed E-state index contributed by atoms with van der Waals surface area (Å²) in [6.07, 6.45) is 1.07. The van der Waals surface area contributed by atoms with Crippen LogP contribution < -0.4 is 11.1 Å². The molecule has 4 nitrogen and oxygen atoms in total. The zero-order chi connectivity index (χ0) is 16.1. The highest BCUT2D eigenvalue weighted by atomic mass is 35.5.